The first kappa shape index (κ1) is 17.1. The summed E-state index contributed by atoms with van der Waals surface area (Å²) in [6.07, 6.45) is 0.816. The molecule has 0 fully saturated rings. The van der Waals surface area contributed by atoms with E-state index in [2.05, 4.69) is 5.32 Å². The fourth-order valence-corrected chi connectivity index (χ4v) is 2.76. The van der Waals surface area contributed by atoms with Gasteiger partial charge >= 0.3 is 5.97 Å². The van der Waals surface area contributed by atoms with Crippen molar-refractivity contribution in [1.29, 1.82) is 0 Å². The summed E-state index contributed by atoms with van der Waals surface area (Å²) in [5, 5.41) is 13.2. The van der Waals surface area contributed by atoms with Crippen LogP contribution >= 0.6 is 0 Å². The van der Waals surface area contributed by atoms with Crippen molar-refractivity contribution in [3.63, 3.8) is 0 Å². The molecule has 1 atom stereocenters. The summed E-state index contributed by atoms with van der Waals surface area (Å²) in [5.41, 5.74) is -0.233. The van der Waals surface area contributed by atoms with Gasteiger partial charge in [0, 0.05) is 11.8 Å². The quantitative estimate of drug-likeness (QED) is 0.812. The zero-order valence-corrected chi connectivity index (χ0v) is 13.8. The highest BCUT2D eigenvalue weighted by atomic mass is 16.4. The Kier molecular flexibility index (Phi) is 5.08. The van der Waals surface area contributed by atoms with Crippen molar-refractivity contribution in [3.8, 4) is 0 Å². The Morgan fingerprint density at radius 2 is 1.91 bits per heavy atom. The summed E-state index contributed by atoms with van der Waals surface area (Å²) < 4.78 is 5.73. The van der Waals surface area contributed by atoms with Gasteiger partial charge in [0.05, 0.1) is 11.5 Å². The Bertz CT molecular complexity index is 667. The molecule has 2 N–H and O–H groups in total. The average molecular weight is 317 g/mol. The number of aliphatic carboxylic acids is 1. The normalized spacial score (nSPS) is 13.0. The molecule has 0 saturated heterocycles. The summed E-state index contributed by atoms with van der Waals surface area (Å²) in [6.45, 7) is 5.43. The van der Waals surface area contributed by atoms with Gasteiger partial charge in [-0.05, 0) is 31.9 Å². The van der Waals surface area contributed by atoms with Gasteiger partial charge in [0.1, 0.15) is 11.3 Å². The lowest BCUT2D eigenvalue weighted by molar-refractivity contribution is -0.152. The molecule has 0 aliphatic rings. The van der Waals surface area contributed by atoms with E-state index in [0.29, 0.717) is 18.6 Å². The van der Waals surface area contributed by atoms with Crippen LogP contribution in [0.15, 0.2) is 34.7 Å². The lowest BCUT2D eigenvalue weighted by Gasteiger charge is -2.26. The van der Waals surface area contributed by atoms with Crippen LogP contribution in [0.4, 0.5) is 0 Å². The molecular formula is C18H23NO4. The molecule has 0 aliphatic heterocycles. The topological polar surface area (TPSA) is 79.5 Å². The van der Waals surface area contributed by atoms with Gasteiger partial charge in [-0.25, -0.2) is 0 Å². The van der Waals surface area contributed by atoms with E-state index in [0.717, 1.165) is 11.0 Å². The minimum atomic E-state index is -1.00. The lowest BCUT2D eigenvalue weighted by atomic mass is 9.79. The number of benzene rings is 1. The van der Waals surface area contributed by atoms with Crippen LogP contribution in [0.1, 0.15) is 51.8 Å². The molecule has 2 rings (SSSR count). The maximum atomic E-state index is 12.3. The molecular weight excluding hydrogens is 294 g/mol. The molecule has 0 radical (unpaired) electrons. The molecule has 0 aliphatic carbocycles. The summed E-state index contributed by atoms with van der Waals surface area (Å²) in [7, 11) is 0. The Hall–Kier alpha value is -2.30. The monoisotopic (exact) mass is 317 g/mol. The molecule has 124 valence electrons. The number of para-hydroxylation sites is 1. The average Bonchev–Trinajstić information content (AvgIpc) is 2.96. The predicted molar refractivity (Wildman–Crippen MR) is 88.0 cm³/mol. The first-order valence-corrected chi connectivity index (χ1v) is 7.93. The second kappa shape index (κ2) is 6.86. The molecule has 1 amide bonds. The summed E-state index contributed by atoms with van der Waals surface area (Å²) in [5.74, 6) is -0.536. The number of hydrogen-bond donors (Lipinski definition) is 2. The minimum Gasteiger partial charge on any atom is -0.481 e. The van der Waals surface area contributed by atoms with Gasteiger partial charge in [0.2, 0.25) is 5.91 Å². The van der Waals surface area contributed by atoms with E-state index in [1.165, 1.54) is 0 Å². The van der Waals surface area contributed by atoms with Crippen LogP contribution in [0.25, 0.3) is 11.0 Å². The number of nitrogens with one attached hydrogen (secondary N) is 1. The molecule has 0 unspecified atom stereocenters. The highest BCUT2D eigenvalue weighted by Crippen LogP contribution is 2.31. The molecule has 23 heavy (non-hydrogen) atoms. The molecule has 5 heteroatoms. The number of carbonyl (C=O) groups excluding carboxylic acids is 1. The number of fused-ring (bicyclic) bond motifs is 1. The second-order valence-electron chi connectivity index (χ2n) is 5.95. The van der Waals surface area contributed by atoms with E-state index in [9.17, 15) is 14.7 Å². The van der Waals surface area contributed by atoms with Crippen LogP contribution < -0.4 is 5.32 Å². The zero-order valence-electron chi connectivity index (χ0n) is 13.8. The van der Waals surface area contributed by atoms with Gasteiger partial charge in [-0.1, -0.05) is 32.0 Å². The molecule has 1 aromatic heterocycles. The number of furan rings is 1. The number of rotatable bonds is 7. The highest BCUT2D eigenvalue weighted by Gasteiger charge is 2.37. The third kappa shape index (κ3) is 3.55. The van der Waals surface area contributed by atoms with Gasteiger partial charge in [0.25, 0.3) is 0 Å². The van der Waals surface area contributed by atoms with Gasteiger partial charge in [-0.2, -0.15) is 0 Å². The standard InChI is InChI=1S/C18H23NO4/c1-4-18(5-2,17(21)22)11-16(20)19-12(3)15-10-13-8-6-7-9-14(13)23-15/h6-10,12H,4-5,11H2,1-3H3,(H,19,20)(H,21,22)/t12-/m1/s1. The first-order chi connectivity index (χ1) is 10.9. The van der Waals surface area contributed by atoms with Gasteiger partial charge < -0.3 is 14.8 Å². The van der Waals surface area contributed by atoms with Crippen LogP contribution in [0.3, 0.4) is 0 Å². The van der Waals surface area contributed by atoms with Crippen molar-refractivity contribution < 1.29 is 19.1 Å². The Labute approximate surface area is 135 Å². The van der Waals surface area contributed by atoms with E-state index in [-0.39, 0.29) is 18.4 Å². The van der Waals surface area contributed by atoms with E-state index in [4.69, 9.17) is 4.42 Å². The summed E-state index contributed by atoms with van der Waals surface area (Å²) >= 11 is 0. The minimum absolute atomic E-state index is 0.0279. The molecule has 2 aromatic rings. The van der Waals surface area contributed by atoms with Crippen molar-refractivity contribution in [2.45, 2.75) is 46.1 Å². The maximum absolute atomic E-state index is 12.3. The van der Waals surface area contributed by atoms with Crippen molar-refractivity contribution in [2.75, 3.05) is 0 Å². The number of hydrogen-bond acceptors (Lipinski definition) is 3. The predicted octanol–water partition coefficient (Wildman–Crippen LogP) is 3.89. The Balaban J connectivity index is 2.08. The Morgan fingerprint density at radius 3 is 2.48 bits per heavy atom. The van der Waals surface area contributed by atoms with Crippen molar-refractivity contribution in [2.24, 2.45) is 5.41 Å². The third-order valence-corrected chi connectivity index (χ3v) is 4.56. The molecule has 1 aromatic carbocycles. The number of carboxylic acids is 1. The van der Waals surface area contributed by atoms with Gasteiger partial charge in [0.15, 0.2) is 0 Å². The van der Waals surface area contributed by atoms with Crippen LogP contribution in [0.2, 0.25) is 0 Å². The molecule has 0 bridgehead atoms. The molecule has 5 nitrogen and oxygen atoms in total. The van der Waals surface area contributed by atoms with Crippen molar-refractivity contribution in [3.05, 3.63) is 36.1 Å². The SMILES string of the molecule is CCC(CC)(CC(=O)N[C@H](C)c1cc2ccccc2o1)C(=O)O. The van der Waals surface area contributed by atoms with Crippen molar-refractivity contribution >= 4 is 22.8 Å². The lowest BCUT2D eigenvalue weighted by Crippen LogP contribution is -2.37. The van der Waals surface area contributed by atoms with E-state index in [1.807, 2.05) is 37.3 Å². The fourth-order valence-electron chi connectivity index (χ4n) is 2.76. The highest BCUT2D eigenvalue weighted by molar-refractivity contribution is 5.85. The van der Waals surface area contributed by atoms with Gasteiger partial charge in [-0.15, -0.1) is 0 Å². The van der Waals surface area contributed by atoms with Crippen LogP contribution in [-0.4, -0.2) is 17.0 Å². The smallest absolute Gasteiger partial charge is 0.310 e. The van der Waals surface area contributed by atoms with Crippen molar-refractivity contribution in [1.82, 2.24) is 5.32 Å². The maximum Gasteiger partial charge on any atom is 0.310 e. The zero-order chi connectivity index (χ0) is 17.0. The van der Waals surface area contributed by atoms with E-state index >= 15 is 0 Å². The number of carboxylic acid groups (broad SMARTS) is 1. The molecule has 1 heterocycles. The van der Waals surface area contributed by atoms with E-state index < -0.39 is 11.4 Å². The summed E-state index contributed by atoms with van der Waals surface area (Å²) in [6, 6.07) is 9.22. The number of amides is 1. The third-order valence-electron chi connectivity index (χ3n) is 4.56. The van der Waals surface area contributed by atoms with Crippen LogP contribution in [-0.2, 0) is 9.59 Å². The van der Waals surface area contributed by atoms with Crippen LogP contribution in [0, 0.1) is 5.41 Å². The molecule has 0 spiro atoms. The first-order valence-electron chi connectivity index (χ1n) is 7.93. The Morgan fingerprint density at radius 1 is 1.26 bits per heavy atom. The number of carbonyl (C=O) groups is 2. The van der Waals surface area contributed by atoms with Crippen LogP contribution in [0.5, 0.6) is 0 Å². The molecule has 0 saturated carbocycles. The fraction of sp³-hybridized carbons (Fsp3) is 0.444. The second-order valence-corrected chi connectivity index (χ2v) is 5.95. The largest absolute Gasteiger partial charge is 0.481 e. The van der Waals surface area contributed by atoms with Gasteiger partial charge in [-0.3, -0.25) is 9.59 Å². The van der Waals surface area contributed by atoms with E-state index in [1.54, 1.807) is 13.8 Å². The summed E-state index contributed by atoms with van der Waals surface area (Å²) in [4.78, 5) is 23.8.